The molecule has 0 saturated heterocycles. The number of nitrogens with one attached hydrogen (secondary N) is 1. The first kappa shape index (κ1) is 13.9. The molecule has 1 aromatic rings. The Morgan fingerprint density at radius 3 is 2.35 bits per heavy atom. The zero-order valence-electron chi connectivity index (χ0n) is 10.9. The van der Waals surface area contributed by atoms with Crippen molar-refractivity contribution in [2.75, 3.05) is 18.8 Å². The van der Waals surface area contributed by atoms with Gasteiger partial charge in [-0.25, -0.2) is 0 Å². The lowest BCUT2D eigenvalue weighted by Crippen LogP contribution is -2.29. The van der Waals surface area contributed by atoms with Crippen molar-refractivity contribution in [1.29, 1.82) is 0 Å². The Kier molecular flexibility index (Phi) is 3.78. The SMILES string of the molecule is CN(C)S(=O)(=O)Nc1ccnc(C(C)(C)C)c1. The quantitative estimate of drug-likeness (QED) is 0.894. The largest absolute Gasteiger partial charge is 0.301 e. The van der Waals surface area contributed by atoms with E-state index in [0.717, 1.165) is 10.00 Å². The zero-order chi connectivity index (χ0) is 13.3. The summed E-state index contributed by atoms with van der Waals surface area (Å²) in [5.41, 5.74) is 1.26. The molecule has 0 aliphatic heterocycles. The van der Waals surface area contributed by atoms with Gasteiger partial charge < -0.3 is 0 Å². The fourth-order valence-corrected chi connectivity index (χ4v) is 1.75. The number of nitrogens with zero attached hydrogens (tertiary/aromatic N) is 2. The van der Waals surface area contributed by atoms with Gasteiger partial charge in [0.15, 0.2) is 0 Å². The van der Waals surface area contributed by atoms with Crippen molar-refractivity contribution < 1.29 is 8.42 Å². The van der Waals surface area contributed by atoms with E-state index in [-0.39, 0.29) is 5.41 Å². The Morgan fingerprint density at radius 2 is 1.88 bits per heavy atom. The second kappa shape index (κ2) is 4.62. The Morgan fingerprint density at radius 1 is 1.29 bits per heavy atom. The van der Waals surface area contributed by atoms with E-state index in [9.17, 15) is 8.42 Å². The van der Waals surface area contributed by atoms with Crippen LogP contribution < -0.4 is 4.72 Å². The van der Waals surface area contributed by atoms with Gasteiger partial charge >= 0.3 is 10.2 Å². The average Bonchev–Trinajstić information content (AvgIpc) is 2.15. The van der Waals surface area contributed by atoms with Gasteiger partial charge in [0.05, 0.1) is 5.69 Å². The number of rotatable bonds is 3. The Hall–Kier alpha value is -1.14. The molecule has 0 aromatic carbocycles. The number of pyridine rings is 1. The Labute approximate surface area is 103 Å². The van der Waals surface area contributed by atoms with Crippen molar-refractivity contribution in [2.24, 2.45) is 0 Å². The van der Waals surface area contributed by atoms with Crippen LogP contribution in [0.4, 0.5) is 5.69 Å². The second-order valence-corrected chi connectivity index (χ2v) is 6.95. The molecule has 0 saturated carbocycles. The minimum absolute atomic E-state index is 0.112. The number of aromatic nitrogens is 1. The molecular weight excluding hydrogens is 238 g/mol. The predicted octanol–water partition coefficient (Wildman–Crippen LogP) is 1.60. The van der Waals surface area contributed by atoms with E-state index in [2.05, 4.69) is 9.71 Å². The molecule has 1 rings (SSSR count). The fraction of sp³-hybridized carbons (Fsp3) is 0.545. The molecule has 1 aromatic heterocycles. The van der Waals surface area contributed by atoms with E-state index < -0.39 is 10.2 Å². The first-order chi connectivity index (χ1) is 7.63. The first-order valence-electron chi connectivity index (χ1n) is 5.30. The van der Waals surface area contributed by atoms with Crippen LogP contribution in [0.25, 0.3) is 0 Å². The van der Waals surface area contributed by atoms with E-state index in [4.69, 9.17) is 0 Å². The summed E-state index contributed by atoms with van der Waals surface area (Å²) in [7, 11) is -0.497. The standard InChI is InChI=1S/C11H19N3O2S/c1-11(2,3)10-8-9(6-7-12-10)13-17(15,16)14(4)5/h6-8H,1-5H3,(H,12,13). The summed E-state index contributed by atoms with van der Waals surface area (Å²) < 4.78 is 26.9. The molecule has 0 fully saturated rings. The number of anilines is 1. The highest BCUT2D eigenvalue weighted by Crippen LogP contribution is 2.22. The summed E-state index contributed by atoms with van der Waals surface area (Å²) in [6, 6.07) is 3.39. The molecule has 6 heteroatoms. The molecule has 0 atom stereocenters. The summed E-state index contributed by atoms with van der Waals surface area (Å²) in [6.45, 7) is 6.08. The molecule has 0 unspecified atom stereocenters. The molecule has 96 valence electrons. The molecule has 1 heterocycles. The van der Waals surface area contributed by atoms with Crippen molar-refractivity contribution in [3.05, 3.63) is 24.0 Å². The summed E-state index contributed by atoms with van der Waals surface area (Å²) in [5.74, 6) is 0. The molecule has 5 nitrogen and oxygen atoms in total. The minimum atomic E-state index is -3.46. The van der Waals surface area contributed by atoms with Crippen LogP contribution in [0, 0.1) is 0 Å². The van der Waals surface area contributed by atoms with E-state index in [1.165, 1.54) is 14.1 Å². The topological polar surface area (TPSA) is 62.3 Å². The third-order valence-corrected chi connectivity index (χ3v) is 3.71. The lowest BCUT2D eigenvalue weighted by molar-refractivity contribution is 0.526. The average molecular weight is 257 g/mol. The summed E-state index contributed by atoms with van der Waals surface area (Å²) >= 11 is 0. The number of hydrogen-bond acceptors (Lipinski definition) is 3. The Bertz CT molecular complexity index is 490. The third-order valence-electron chi connectivity index (χ3n) is 2.26. The van der Waals surface area contributed by atoms with Crippen molar-refractivity contribution >= 4 is 15.9 Å². The third kappa shape index (κ3) is 3.67. The van der Waals surface area contributed by atoms with Crippen LogP contribution in [0.5, 0.6) is 0 Å². The first-order valence-corrected chi connectivity index (χ1v) is 6.74. The van der Waals surface area contributed by atoms with Crippen LogP contribution in [0.15, 0.2) is 18.3 Å². The van der Waals surface area contributed by atoms with Crippen molar-refractivity contribution in [1.82, 2.24) is 9.29 Å². The lowest BCUT2D eigenvalue weighted by Gasteiger charge is -2.19. The molecule has 0 aliphatic rings. The smallest absolute Gasteiger partial charge is 0.271 e. The van der Waals surface area contributed by atoms with Crippen LogP contribution in [0.2, 0.25) is 0 Å². The normalized spacial score (nSPS) is 12.8. The van der Waals surface area contributed by atoms with Gasteiger partial charge in [-0.05, 0) is 12.1 Å². The molecule has 0 amide bonds. The fourth-order valence-electron chi connectivity index (χ4n) is 1.14. The van der Waals surface area contributed by atoms with Crippen molar-refractivity contribution in [3.63, 3.8) is 0 Å². The molecule has 0 aliphatic carbocycles. The maximum atomic E-state index is 11.7. The van der Waals surface area contributed by atoms with Crippen LogP contribution in [-0.4, -0.2) is 31.8 Å². The highest BCUT2D eigenvalue weighted by atomic mass is 32.2. The molecule has 0 radical (unpaired) electrons. The van der Waals surface area contributed by atoms with Gasteiger partial charge in [-0.1, -0.05) is 20.8 Å². The molecule has 0 spiro atoms. The van der Waals surface area contributed by atoms with E-state index >= 15 is 0 Å². The van der Waals surface area contributed by atoms with E-state index in [1.54, 1.807) is 18.3 Å². The molecular formula is C11H19N3O2S. The summed E-state index contributed by atoms with van der Waals surface area (Å²) in [6.07, 6.45) is 1.61. The van der Waals surface area contributed by atoms with Crippen LogP contribution in [-0.2, 0) is 15.6 Å². The molecule has 0 bridgehead atoms. The Balaban J connectivity index is 3.03. The van der Waals surface area contributed by atoms with Gasteiger partial charge in [-0.2, -0.15) is 12.7 Å². The maximum Gasteiger partial charge on any atom is 0.301 e. The van der Waals surface area contributed by atoms with Crippen molar-refractivity contribution in [3.8, 4) is 0 Å². The highest BCUT2D eigenvalue weighted by molar-refractivity contribution is 7.90. The van der Waals surface area contributed by atoms with E-state index in [0.29, 0.717) is 5.69 Å². The maximum absolute atomic E-state index is 11.7. The monoisotopic (exact) mass is 257 g/mol. The molecule has 17 heavy (non-hydrogen) atoms. The van der Waals surface area contributed by atoms with Crippen LogP contribution >= 0.6 is 0 Å². The minimum Gasteiger partial charge on any atom is -0.271 e. The van der Waals surface area contributed by atoms with Crippen LogP contribution in [0.3, 0.4) is 0 Å². The molecule has 1 N–H and O–H groups in total. The van der Waals surface area contributed by atoms with Crippen LogP contribution in [0.1, 0.15) is 26.5 Å². The second-order valence-electron chi connectivity index (χ2n) is 5.07. The van der Waals surface area contributed by atoms with Gasteiger partial charge in [0.1, 0.15) is 0 Å². The zero-order valence-corrected chi connectivity index (χ0v) is 11.7. The van der Waals surface area contributed by atoms with Gasteiger partial charge in [0.2, 0.25) is 0 Å². The predicted molar refractivity (Wildman–Crippen MR) is 69.2 cm³/mol. The van der Waals surface area contributed by atoms with E-state index in [1.807, 2.05) is 20.8 Å². The van der Waals surface area contributed by atoms with Crippen molar-refractivity contribution in [2.45, 2.75) is 26.2 Å². The lowest BCUT2D eigenvalue weighted by atomic mass is 9.91. The summed E-state index contributed by atoms with van der Waals surface area (Å²) in [5, 5.41) is 0. The van der Waals surface area contributed by atoms with Gasteiger partial charge in [0.25, 0.3) is 0 Å². The van der Waals surface area contributed by atoms with Gasteiger partial charge in [0, 0.05) is 31.4 Å². The number of hydrogen-bond donors (Lipinski definition) is 1. The van der Waals surface area contributed by atoms with Gasteiger partial charge in [-0.15, -0.1) is 0 Å². The highest BCUT2D eigenvalue weighted by Gasteiger charge is 2.18. The summed E-state index contributed by atoms with van der Waals surface area (Å²) in [4.78, 5) is 4.24. The van der Waals surface area contributed by atoms with Gasteiger partial charge in [-0.3, -0.25) is 9.71 Å².